The summed E-state index contributed by atoms with van der Waals surface area (Å²) < 4.78 is 5.54. The smallest absolute Gasteiger partial charge is 0.193 e. The molecule has 3 rings (SSSR count). The summed E-state index contributed by atoms with van der Waals surface area (Å²) in [4.78, 5) is 18.5. The van der Waals surface area contributed by atoms with Crippen LogP contribution in [0.3, 0.4) is 0 Å². The third-order valence-corrected chi connectivity index (χ3v) is 3.61. The Hall–Kier alpha value is -2.88. The molecule has 4 heteroatoms. The standard InChI is InChI=1S/C19H18N2O2/c1-13-10-18(22)17-11-15(6-9-19(17)23-13)20-12-14-4-7-16(8-5-14)21(2)3/h4-12H,1-3H3. The van der Waals surface area contributed by atoms with E-state index in [4.69, 9.17) is 4.42 Å². The first-order chi connectivity index (χ1) is 11.0. The number of fused-ring (bicyclic) bond motifs is 1. The largest absolute Gasteiger partial charge is 0.461 e. The minimum atomic E-state index is -0.0452. The first kappa shape index (κ1) is 15.0. The van der Waals surface area contributed by atoms with Gasteiger partial charge in [0.25, 0.3) is 0 Å². The molecule has 0 unspecified atom stereocenters. The van der Waals surface area contributed by atoms with E-state index < -0.39 is 0 Å². The molecule has 0 spiro atoms. The van der Waals surface area contributed by atoms with Crippen LogP contribution in [-0.2, 0) is 0 Å². The fraction of sp³-hybridized carbons (Fsp3) is 0.158. The molecule has 0 amide bonds. The van der Waals surface area contributed by atoms with Crippen LogP contribution >= 0.6 is 0 Å². The van der Waals surface area contributed by atoms with E-state index in [9.17, 15) is 4.79 Å². The summed E-state index contributed by atoms with van der Waals surface area (Å²) in [6.07, 6.45) is 1.79. The van der Waals surface area contributed by atoms with E-state index in [1.807, 2.05) is 49.3 Å². The third-order valence-electron chi connectivity index (χ3n) is 3.61. The Labute approximate surface area is 134 Å². The zero-order chi connectivity index (χ0) is 16.4. The van der Waals surface area contributed by atoms with Crippen molar-refractivity contribution in [3.63, 3.8) is 0 Å². The average Bonchev–Trinajstić information content (AvgIpc) is 2.53. The van der Waals surface area contributed by atoms with Crippen molar-refractivity contribution >= 4 is 28.6 Å². The monoisotopic (exact) mass is 306 g/mol. The molecule has 23 heavy (non-hydrogen) atoms. The van der Waals surface area contributed by atoms with E-state index in [-0.39, 0.29) is 5.43 Å². The number of nitrogens with zero attached hydrogens (tertiary/aromatic N) is 2. The predicted octanol–water partition coefficient (Wildman–Crippen LogP) is 3.92. The minimum Gasteiger partial charge on any atom is -0.461 e. The van der Waals surface area contributed by atoms with Gasteiger partial charge in [0.05, 0.1) is 11.1 Å². The SMILES string of the molecule is Cc1cc(=O)c2cc(N=Cc3ccc(N(C)C)cc3)ccc2o1. The van der Waals surface area contributed by atoms with Crippen molar-refractivity contribution in [3.05, 3.63) is 70.1 Å². The second kappa shape index (κ2) is 6.08. The molecule has 0 aliphatic heterocycles. The highest BCUT2D eigenvalue weighted by molar-refractivity contribution is 5.85. The van der Waals surface area contributed by atoms with Crippen molar-refractivity contribution in [3.8, 4) is 0 Å². The number of hydrogen-bond donors (Lipinski definition) is 0. The lowest BCUT2D eigenvalue weighted by molar-refractivity contribution is 0.565. The van der Waals surface area contributed by atoms with Crippen molar-refractivity contribution in [1.82, 2.24) is 0 Å². The molecule has 0 bridgehead atoms. The van der Waals surface area contributed by atoms with Gasteiger partial charge in [0.1, 0.15) is 11.3 Å². The summed E-state index contributed by atoms with van der Waals surface area (Å²) in [5.74, 6) is 0.611. The Morgan fingerprint density at radius 2 is 1.78 bits per heavy atom. The van der Waals surface area contributed by atoms with Gasteiger partial charge >= 0.3 is 0 Å². The fourth-order valence-corrected chi connectivity index (χ4v) is 2.35. The highest BCUT2D eigenvalue weighted by Gasteiger charge is 2.03. The lowest BCUT2D eigenvalue weighted by Crippen LogP contribution is -2.08. The number of aliphatic imine (C=N–C) groups is 1. The van der Waals surface area contributed by atoms with Crippen LogP contribution in [0.5, 0.6) is 0 Å². The van der Waals surface area contributed by atoms with Crippen molar-refractivity contribution in [2.75, 3.05) is 19.0 Å². The Balaban J connectivity index is 1.90. The van der Waals surface area contributed by atoms with Crippen LogP contribution in [0.2, 0.25) is 0 Å². The second-order valence-electron chi connectivity index (χ2n) is 5.65. The van der Waals surface area contributed by atoms with Crippen LogP contribution in [0.1, 0.15) is 11.3 Å². The van der Waals surface area contributed by atoms with Crippen LogP contribution < -0.4 is 10.3 Å². The maximum Gasteiger partial charge on any atom is 0.193 e. The molecule has 0 aliphatic rings. The number of hydrogen-bond acceptors (Lipinski definition) is 4. The zero-order valence-corrected chi connectivity index (χ0v) is 13.4. The highest BCUT2D eigenvalue weighted by atomic mass is 16.3. The van der Waals surface area contributed by atoms with Gasteiger partial charge in [-0.1, -0.05) is 12.1 Å². The molecular formula is C19H18N2O2. The van der Waals surface area contributed by atoms with E-state index in [0.717, 1.165) is 16.9 Å². The van der Waals surface area contributed by atoms with Gasteiger partial charge < -0.3 is 9.32 Å². The first-order valence-corrected chi connectivity index (χ1v) is 7.39. The number of rotatable bonds is 3. The maximum absolute atomic E-state index is 12.0. The van der Waals surface area contributed by atoms with Gasteiger partial charge in [0, 0.05) is 32.1 Å². The van der Waals surface area contributed by atoms with Crippen molar-refractivity contribution in [2.24, 2.45) is 4.99 Å². The number of aryl methyl sites for hydroxylation is 1. The van der Waals surface area contributed by atoms with Gasteiger partial charge in [0.2, 0.25) is 0 Å². The molecule has 0 saturated carbocycles. The number of benzene rings is 2. The molecule has 0 radical (unpaired) electrons. The summed E-state index contributed by atoms with van der Waals surface area (Å²) in [6.45, 7) is 1.77. The van der Waals surface area contributed by atoms with Gasteiger partial charge in [-0.2, -0.15) is 0 Å². The Morgan fingerprint density at radius 3 is 2.48 bits per heavy atom. The van der Waals surface area contributed by atoms with Crippen molar-refractivity contribution < 1.29 is 4.42 Å². The Morgan fingerprint density at radius 1 is 1.04 bits per heavy atom. The fourth-order valence-electron chi connectivity index (χ4n) is 2.35. The molecule has 0 aliphatic carbocycles. The summed E-state index contributed by atoms with van der Waals surface area (Å²) in [5, 5.41) is 0.549. The lowest BCUT2D eigenvalue weighted by atomic mass is 10.2. The predicted molar refractivity (Wildman–Crippen MR) is 95.2 cm³/mol. The molecule has 3 aromatic rings. The first-order valence-electron chi connectivity index (χ1n) is 7.39. The lowest BCUT2D eigenvalue weighted by Gasteiger charge is -2.11. The molecule has 116 valence electrons. The quantitative estimate of drug-likeness (QED) is 0.689. The van der Waals surface area contributed by atoms with Crippen LogP contribution in [0.15, 0.2) is 62.7 Å². The van der Waals surface area contributed by atoms with Gasteiger partial charge in [-0.05, 0) is 42.8 Å². The molecule has 0 N–H and O–H groups in total. The molecule has 0 fully saturated rings. The topological polar surface area (TPSA) is 45.8 Å². The zero-order valence-electron chi connectivity index (χ0n) is 13.4. The molecule has 4 nitrogen and oxygen atoms in total. The minimum absolute atomic E-state index is 0.0452. The van der Waals surface area contributed by atoms with E-state index in [1.54, 1.807) is 25.3 Å². The normalized spacial score (nSPS) is 11.3. The van der Waals surface area contributed by atoms with Crippen LogP contribution in [0.25, 0.3) is 11.0 Å². The highest BCUT2D eigenvalue weighted by Crippen LogP contribution is 2.20. The molecule has 2 aromatic carbocycles. The Kier molecular flexibility index (Phi) is 3.98. The van der Waals surface area contributed by atoms with Crippen molar-refractivity contribution in [1.29, 1.82) is 0 Å². The summed E-state index contributed by atoms with van der Waals surface area (Å²) >= 11 is 0. The van der Waals surface area contributed by atoms with Gasteiger partial charge in [-0.3, -0.25) is 9.79 Å². The molecular weight excluding hydrogens is 288 g/mol. The third kappa shape index (κ3) is 3.31. The van der Waals surface area contributed by atoms with Crippen LogP contribution in [0, 0.1) is 6.92 Å². The molecule has 0 saturated heterocycles. The Bertz CT molecular complexity index is 922. The van der Waals surface area contributed by atoms with Gasteiger partial charge in [0.15, 0.2) is 5.43 Å². The summed E-state index contributed by atoms with van der Waals surface area (Å²) in [6, 6.07) is 15.0. The second-order valence-corrected chi connectivity index (χ2v) is 5.65. The van der Waals surface area contributed by atoms with E-state index in [2.05, 4.69) is 4.99 Å². The summed E-state index contributed by atoms with van der Waals surface area (Å²) in [5.41, 5.74) is 3.42. The van der Waals surface area contributed by atoms with E-state index in [0.29, 0.717) is 16.7 Å². The molecule has 0 atom stereocenters. The maximum atomic E-state index is 12.0. The number of anilines is 1. The summed E-state index contributed by atoms with van der Waals surface area (Å²) in [7, 11) is 4.01. The van der Waals surface area contributed by atoms with Crippen LogP contribution in [0.4, 0.5) is 11.4 Å². The molecule has 1 aromatic heterocycles. The van der Waals surface area contributed by atoms with Gasteiger partial charge in [-0.15, -0.1) is 0 Å². The van der Waals surface area contributed by atoms with Gasteiger partial charge in [-0.25, -0.2) is 0 Å². The van der Waals surface area contributed by atoms with Crippen molar-refractivity contribution in [2.45, 2.75) is 6.92 Å². The molecule has 1 heterocycles. The van der Waals surface area contributed by atoms with E-state index >= 15 is 0 Å². The average molecular weight is 306 g/mol. The van der Waals surface area contributed by atoms with Crippen LogP contribution in [-0.4, -0.2) is 20.3 Å². The van der Waals surface area contributed by atoms with E-state index in [1.165, 1.54) is 6.07 Å².